The molecule has 0 unspecified atom stereocenters. The predicted octanol–water partition coefficient (Wildman–Crippen LogP) is 4.92. The molecule has 1 N–H and O–H groups in total. The number of hydrogen-bond acceptors (Lipinski definition) is 2. The van der Waals surface area contributed by atoms with Crippen LogP contribution >= 0.6 is 0 Å². The maximum Gasteiger partial charge on any atom is 0.270 e. The lowest BCUT2D eigenvalue weighted by molar-refractivity contribution is 0.0744. The first kappa shape index (κ1) is 18.7. The molecule has 3 aromatic heterocycles. The van der Waals surface area contributed by atoms with Gasteiger partial charge in [0.25, 0.3) is 5.91 Å². The molecular weight excluding hydrogens is 398 g/mol. The van der Waals surface area contributed by atoms with Crippen LogP contribution in [0.4, 0.5) is 0 Å². The zero-order chi connectivity index (χ0) is 21.8. The van der Waals surface area contributed by atoms with E-state index < -0.39 is 0 Å². The summed E-state index contributed by atoms with van der Waals surface area (Å²) in [5.74, 6) is 0.982. The third-order valence-corrected chi connectivity index (χ3v) is 6.36. The summed E-state index contributed by atoms with van der Waals surface area (Å²) in [5.41, 5.74) is 7.12. The number of aromatic amines is 1. The van der Waals surface area contributed by atoms with Crippen molar-refractivity contribution in [3.63, 3.8) is 0 Å². The fourth-order valence-electron chi connectivity index (χ4n) is 4.48. The number of amides is 1. The summed E-state index contributed by atoms with van der Waals surface area (Å²) in [6.07, 6.45) is 4.05. The van der Waals surface area contributed by atoms with Crippen LogP contribution in [0.3, 0.4) is 0 Å². The molecule has 6 heteroatoms. The molecule has 2 aromatic carbocycles. The van der Waals surface area contributed by atoms with Gasteiger partial charge < -0.3 is 14.5 Å². The van der Waals surface area contributed by atoms with Gasteiger partial charge in [0.1, 0.15) is 11.5 Å². The Morgan fingerprint density at radius 2 is 1.75 bits per heavy atom. The van der Waals surface area contributed by atoms with Crippen LogP contribution < -0.4 is 0 Å². The summed E-state index contributed by atoms with van der Waals surface area (Å²) in [5, 5.41) is 5.99. The standard InChI is InChI=1S/C26H23N5O/c1-17-9-10-20(13-18(17)2)31-25(29-11-5-6-12-29)21-15-30(16-24(21)28-31)26(32)23-14-19-7-3-4-8-22(19)27-23/h3-14,27H,15-16H2,1-2H3. The number of carbonyl (C=O) groups excluding carboxylic acids is 1. The normalized spacial score (nSPS) is 13.1. The zero-order valence-electron chi connectivity index (χ0n) is 18.0. The minimum Gasteiger partial charge on any atom is -0.351 e. The van der Waals surface area contributed by atoms with Gasteiger partial charge >= 0.3 is 0 Å². The number of aromatic nitrogens is 4. The van der Waals surface area contributed by atoms with Crippen molar-refractivity contribution in [3.8, 4) is 11.5 Å². The van der Waals surface area contributed by atoms with Crippen LogP contribution in [0.5, 0.6) is 0 Å². The highest BCUT2D eigenvalue weighted by molar-refractivity contribution is 5.98. The third kappa shape index (κ3) is 2.87. The predicted molar refractivity (Wildman–Crippen MR) is 124 cm³/mol. The molecule has 0 saturated carbocycles. The van der Waals surface area contributed by atoms with Crippen molar-refractivity contribution >= 4 is 16.8 Å². The summed E-state index contributed by atoms with van der Waals surface area (Å²) < 4.78 is 4.08. The number of carbonyl (C=O) groups is 1. The van der Waals surface area contributed by atoms with Crippen LogP contribution in [0, 0.1) is 13.8 Å². The maximum absolute atomic E-state index is 13.3. The Morgan fingerprint density at radius 1 is 0.938 bits per heavy atom. The van der Waals surface area contributed by atoms with E-state index >= 15 is 0 Å². The van der Waals surface area contributed by atoms with Gasteiger partial charge in [0.15, 0.2) is 0 Å². The molecule has 4 heterocycles. The van der Waals surface area contributed by atoms with Crippen LogP contribution in [-0.4, -0.2) is 30.1 Å². The summed E-state index contributed by atoms with van der Waals surface area (Å²) in [6.45, 7) is 5.26. The van der Waals surface area contributed by atoms with E-state index in [1.165, 1.54) is 11.1 Å². The average molecular weight is 422 g/mol. The highest BCUT2D eigenvalue weighted by atomic mass is 16.2. The molecule has 0 fully saturated rings. The second kappa shape index (κ2) is 6.99. The fraction of sp³-hybridized carbons (Fsp3) is 0.154. The van der Waals surface area contributed by atoms with E-state index in [2.05, 4.69) is 41.6 Å². The van der Waals surface area contributed by atoms with Crippen molar-refractivity contribution in [1.82, 2.24) is 24.2 Å². The van der Waals surface area contributed by atoms with E-state index in [-0.39, 0.29) is 5.91 Å². The first-order valence-corrected chi connectivity index (χ1v) is 10.8. The van der Waals surface area contributed by atoms with Gasteiger partial charge in [-0.05, 0) is 61.4 Å². The van der Waals surface area contributed by atoms with E-state index in [9.17, 15) is 4.79 Å². The largest absolute Gasteiger partial charge is 0.351 e. The molecular formula is C26H23N5O. The monoisotopic (exact) mass is 421 g/mol. The van der Waals surface area contributed by atoms with Crippen LogP contribution in [0.25, 0.3) is 22.4 Å². The van der Waals surface area contributed by atoms with E-state index in [1.807, 2.05) is 64.4 Å². The number of para-hydroxylation sites is 1. The Bertz CT molecular complexity index is 1440. The molecule has 1 amide bonds. The highest BCUT2D eigenvalue weighted by Gasteiger charge is 2.32. The Labute approximate surface area is 185 Å². The molecule has 6 nitrogen and oxygen atoms in total. The van der Waals surface area contributed by atoms with E-state index in [0.717, 1.165) is 33.7 Å². The van der Waals surface area contributed by atoms with Gasteiger partial charge in [-0.3, -0.25) is 4.79 Å². The molecule has 158 valence electrons. The van der Waals surface area contributed by atoms with Gasteiger partial charge in [-0.15, -0.1) is 0 Å². The second-order valence-electron chi connectivity index (χ2n) is 8.45. The molecule has 6 rings (SSSR count). The lowest BCUT2D eigenvalue weighted by atomic mass is 10.1. The van der Waals surface area contributed by atoms with Crippen molar-refractivity contribution in [1.29, 1.82) is 0 Å². The number of fused-ring (bicyclic) bond motifs is 2. The highest BCUT2D eigenvalue weighted by Crippen LogP contribution is 2.32. The number of benzene rings is 2. The van der Waals surface area contributed by atoms with Gasteiger partial charge in [-0.25, -0.2) is 4.68 Å². The average Bonchev–Trinajstić information content (AvgIpc) is 3.57. The van der Waals surface area contributed by atoms with Crippen molar-refractivity contribution in [2.75, 3.05) is 0 Å². The summed E-state index contributed by atoms with van der Waals surface area (Å²) in [4.78, 5) is 18.4. The molecule has 1 aliphatic rings. The topological polar surface area (TPSA) is 58.9 Å². The molecule has 5 aromatic rings. The Balaban J connectivity index is 1.39. The van der Waals surface area contributed by atoms with Gasteiger partial charge in [0, 0.05) is 28.9 Å². The van der Waals surface area contributed by atoms with Crippen LogP contribution in [0.15, 0.2) is 73.1 Å². The van der Waals surface area contributed by atoms with Crippen molar-refractivity contribution in [3.05, 3.63) is 101 Å². The third-order valence-electron chi connectivity index (χ3n) is 6.36. The molecule has 0 atom stereocenters. The number of nitrogens with one attached hydrogen (secondary N) is 1. The second-order valence-corrected chi connectivity index (χ2v) is 8.45. The number of nitrogens with zero attached hydrogens (tertiary/aromatic N) is 4. The van der Waals surface area contributed by atoms with Crippen LogP contribution in [-0.2, 0) is 13.1 Å². The van der Waals surface area contributed by atoms with Gasteiger partial charge in [0.05, 0.1) is 24.5 Å². The lowest BCUT2D eigenvalue weighted by Gasteiger charge is -2.17. The first-order valence-electron chi connectivity index (χ1n) is 10.8. The fourth-order valence-corrected chi connectivity index (χ4v) is 4.48. The quantitative estimate of drug-likeness (QED) is 0.450. The van der Waals surface area contributed by atoms with Crippen molar-refractivity contribution in [2.24, 2.45) is 0 Å². The molecule has 0 saturated heterocycles. The molecule has 1 aliphatic heterocycles. The van der Waals surface area contributed by atoms with Crippen LogP contribution in [0.1, 0.15) is 32.9 Å². The van der Waals surface area contributed by atoms with E-state index in [4.69, 9.17) is 5.10 Å². The Hall–Kier alpha value is -4.06. The maximum atomic E-state index is 13.3. The Kier molecular flexibility index (Phi) is 4.08. The van der Waals surface area contributed by atoms with E-state index in [0.29, 0.717) is 18.8 Å². The zero-order valence-corrected chi connectivity index (χ0v) is 18.0. The number of H-pyrrole nitrogens is 1. The van der Waals surface area contributed by atoms with Crippen molar-refractivity contribution in [2.45, 2.75) is 26.9 Å². The number of rotatable bonds is 3. The minimum absolute atomic E-state index is 0.00427. The summed E-state index contributed by atoms with van der Waals surface area (Å²) in [7, 11) is 0. The van der Waals surface area contributed by atoms with Gasteiger partial charge in [-0.1, -0.05) is 24.3 Å². The SMILES string of the molecule is Cc1ccc(-n2nc3c(c2-n2cccc2)CN(C(=O)c2cc4ccccc4[nH]2)C3)cc1C. The number of aryl methyl sites for hydroxylation is 2. The summed E-state index contributed by atoms with van der Waals surface area (Å²) >= 11 is 0. The van der Waals surface area contributed by atoms with E-state index in [1.54, 1.807) is 0 Å². The number of hydrogen-bond donors (Lipinski definition) is 1. The molecule has 32 heavy (non-hydrogen) atoms. The van der Waals surface area contributed by atoms with Crippen molar-refractivity contribution < 1.29 is 4.79 Å². The smallest absolute Gasteiger partial charge is 0.270 e. The molecule has 0 radical (unpaired) electrons. The molecule has 0 spiro atoms. The van der Waals surface area contributed by atoms with Gasteiger partial charge in [0.2, 0.25) is 0 Å². The van der Waals surface area contributed by atoms with Crippen LogP contribution in [0.2, 0.25) is 0 Å². The summed E-state index contributed by atoms with van der Waals surface area (Å²) in [6, 6.07) is 20.3. The minimum atomic E-state index is -0.00427. The van der Waals surface area contributed by atoms with Gasteiger partial charge in [-0.2, -0.15) is 5.10 Å². The Morgan fingerprint density at radius 3 is 2.53 bits per heavy atom. The molecule has 0 bridgehead atoms. The first-order chi connectivity index (χ1) is 15.6. The molecule has 0 aliphatic carbocycles. The lowest BCUT2D eigenvalue weighted by Crippen LogP contribution is -2.26.